The van der Waals surface area contributed by atoms with Gasteiger partial charge in [0, 0.05) is 24.8 Å². The van der Waals surface area contributed by atoms with E-state index in [2.05, 4.69) is 10.2 Å². The molecule has 0 aliphatic carbocycles. The first-order valence-electron chi connectivity index (χ1n) is 7.59. The Morgan fingerprint density at radius 2 is 2.14 bits per heavy atom. The lowest BCUT2D eigenvalue weighted by Gasteiger charge is -2.35. The van der Waals surface area contributed by atoms with Gasteiger partial charge in [-0.3, -0.25) is 0 Å². The number of aliphatic hydroxyl groups excluding tert-OH is 1. The number of halogens is 1. The van der Waals surface area contributed by atoms with Crippen LogP contribution in [0.25, 0.3) is 0 Å². The van der Waals surface area contributed by atoms with Crippen LogP contribution in [-0.4, -0.2) is 44.6 Å². The van der Waals surface area contributed by atoms with Crippen LogP contribution in [0.5, 0.6) is 0 Å². The van der Waals surface area contributed by atoms with Crippen LogP contribution in [0.15, 0.2) is 18.2 Å². The first-order valence-corrected chi connectivity index (χ1v) is 7.59. The number of ether oxygens (including phenoxy) is 1. The van der Waals surface area contributed by atoms with Crippen molar-refractivity contribution in [2.45, 2.75) is 31.9 Å². The van der Waals surface area contributed by atoms with Crippen LogP contribution < -0.4 is 10.2 Å². The van der Waals surface area contributed by atoms with Gasteiger partial charge in [0.15, 0.2) is 0 Å². The Morgan fingerprint density at radius 1 is 1.43 bits per heavy atom. The molecule has 5 heteroatoms. The zero-order chi connectivity index (χ0) is 15.2. The number of piperidine rings is 1. The summed E-state index contributed by atoms with van der Waals surface area (Å²) in [5.74, 6) is -0.197. The molecule has 1 aromatic carbocycles. The minimum Gasteiger partial charge on any atom is -0.394 e. The smallest absolute Gasteiger partial charge is 0.123 e. The summed E-state index contributed by atoms with van der Waals surface area (Å²) in [6.45, 7) is 4.30. The maximum absolute atomic E-state index is 13.5. The third-order valence-corrected chi connectivity index (χ3v) is 4.12. The van der Waals surface area contributed by atoms with Gasteiger partial charge in [-0.1, -0.05) is 0 Å². The van der Waals surface area contributed by atoms with Gasteiger partial charge in [-0.2, -0.15) is 0 Å². The molecular formula is C16H25FN2O2. The summed E-state index contributed by atoms with van der Waals surface area (Å²) in [7, 11) is 1.88. The van der Waals surface area contributed by atoms with E-state index in [0.29, 0.717) is 6.61 Å². The Labute approximate surface area is 125 Å². The molecule has 0 bridgehead atoms. The molecule has 1 aliphatic rings. The Kier molecular flexibility index (Phi) is 5.96. The molecule has 0 radical (unpaired) electrons. The molecule has 118 valence electrons. The van der Waals surface area contributed by atoms with Crippen LogP contribution in [0.3, 0.4) is 0 Å². The average molecular weight is 296 g/mol. The summed E-state index contributed by atoms with van der Waals surface area (Å²) in [4.78, 5) is 2.29. The van der Waals surface area contributed by atoms with E-state index >= 15 is 0 Å². The topological polar surface area (TPSA) is 44.7 Å². The van der Waals surface area contributed by atoms with E-state index in [1.165, 1.54) is 6.07 Å². The average Bonchev–Trinajstić information content (AvgIpc) is 2.52. The van der Waals surface area contributed by atoms with Crippen molar-refractivity contribution in [1.82, 2.24) is 5.32 Å². The third-order valence-electron chi connectivity index (χ3n) is 4.12. The van der Waals surface area contributed by atoms with Crippen molar-refractivity contribution in [3.63, 3.8) is 0 Å². The molecule has 2 N–H and O–H groups in total. The molecule has 1 saturated heterocycles. The summed E-state index contributed by atoms with van der Waals surface area (Å²) in [6, 6.07) is 5.12. The number of aliphatic hydroxyl groups is 1. The maximum Gasteiger partial charge on any atom is 0.123 e. The van der Waals surface area contributed by atoms with Crippen molar-refractivity contribution in [2.75, 3.05) is 38.3 Å². The summed E-state index contributed by atoms with van der Waals surface area (Å²) in [5, 5.41) is 12.0. The van der Waals surface area contributed by atoms with Crippen LogP contribution >= 0.6 is 0 Å². The third kappa shape index (κ3) is 4.15. The normalized spacial score (nSPS) is 18.0. The molecule has 0 spiro atoms. The summed E-state index contributed by atoms with van der Waals surface area (Å²) < 4.78 is 19.1. The molecule has 1 unspecified atom stereocenters. The Balaban J connectivity index is 2.06. The molecule has 1 aliphatic heterocycles. The second-order valence-corrected chi connectivity index (χ2v) is 5.49. The van der Waals surface area contributed by atoms with Crippen molar-refractivity contribution in [1.29, 1.82) is 0 Å². The van der Waals surface area contributed by atoms with E-state index in [0.717, 1.165) is 37.2 Å². The van der Waals surface area contributed by atoms with Gasteiger partial charge >= 0.3 is 0 Å². The fourth-order valence-corrected chi connectivity index (χ4v) is 2.80. The van der Waals surface area contributed by atoms with Crippen molar-refractivity contribution in [3.8, 4) is 0 Å². The Hall–Kier alpha value is -1.17. The van der Waals surface area contributed by atoms with E-state index in [1.54, 1.807) is 6.07 Å². The first-order chi connectivity index (χ1) is 10.2. The molecule has 1 heterocycles. The lowest BCUT2D eigenvalue weighted by molar-refractivity contribution is 0.0159. The number of rotatable bonds is 6. The van der Waals surface area contributed by atoms with Gasteiger partial charge in [0.25, 0.3) is 0 Å². The maximum atomic E-state index is 13.5. The molecule has 0 saturated carbocycles. The van der Waals surface area contributed by atoms with E-state index in [1.807, 2.05) is 20.0 Å². The number of hydrogen-bond donors (Lipinski definition) is 2. The second kappa shape index (κ2) is 7.73. The zero-order valence-electron chi connectivity index (χ0n) is 12.8. The first kappa shape index (κ1) is 16.2. The van der Waals surface area contributed by atoms with E-state index < -0.39 is 0 Å². The predicted octanol–water partition coefficient (Wildman–Crippen LogP) is 2.08. The van der Waals surface area contributed by atoms with Crippen LogP contribution in [0, 0.1) is 5.82 Å². The van der Waals surface area contributed by atoms with Crippen molar-refractivity contribution in [2.24, 2.45) is 0 Å². The second-order valence-electron chi connectivity index (χ2n) is 5.49. The van der Waals surface area contributed by atoms with Crippen LogP contribution in [0.1, 0.15) is 31.4 Å². The van der Waals surface area contributed by atoms with E-state index in [4.69, 9.17) is 9.84 Å². The van der Waals surface area contributed by atoms with E-state index in [9.17, 15) is 4.39 Å². The molecule has 4 nitrogen and oxygen atoms in total. The number of benzene rings is 1. The van der Waals surface area contributed by atoms with Gasteiger partial charge in [0.2, 0.25) is 0 Å². The lowest BCUT2D eigenvalue weighted by atomic mass is 10.0. The summed E-state index contributed by atoms with van der Waals surface area (Å²) in [6.07, 6.45) is 2.09. The van der Waals surface area contributed by atoms with Gasteiger partial charge in [-0.05, 0) is 50.6 Å². The predicted molar refractivity (Wildman–Crippen MR) is 82.1 cm³/mol. The van der Waals surface area contributed by atoms with Gasteiger partial charge in [-0.25, -0.2) is 4.39 Å². The minimum absolute atomic E-state index is 0.0714. The van der Waals surface area contributed by atoms with Gasteiger partial charge < -0.3 is 20.1 Å². The van der Waals surface area contributed by atoms with E-state index in [-0.39, 0.29) is 24.6 Å². The monoisotopic (exact) mass is 296 g/mol. The Morgan fingerprint density at radius 3 is 2.76 bits per heavy atom. The van der Waals surface area contributed by atoms with Crippen LogP contribution in [0.2, 0.25) is 0 Å². The standard InChI is InChI=1S/C16H25FN2O2/c1-12(18-2)15-11-13(17)3-4-16(15)19-7-5-14(6-8-19)21-10-9-20/h3-4,11-12,14,18,20H,5-10H2,1-2H3. The highest BCUT2D eigenvalue weighted by Gasteiger charge is 2.22. The van der Waals surface area contributed by atoms with Crippen LogP contribution in [-0.2, 0) is 4.74 Å². The molecule has 1 aromatic rings. The highest BCUT2D eigenvalue weighted by molar-refractivity contribution is 5.55. The lowest BCUT2D eigenvalue weighted by Crippen LogP contribution is -2.38. The molecule has 2 rings (SSSR count). The van der Waals surface area contributed by atoms with Crippen molar-refractivity contribution >= 4 is 5.69 Å². The molecular weight excluding hydrogens is 271 g/mol. The fraction of sp³-hybridized carbons (Fsp3) is 0.625. The molecule has 1 atom stereocenters. The van der Waals surface area contributed by atoms with Crippen molar-refractivity contribution in [3.05, 3.63) is 29.6 Å². The molecule has 21 heavy (non-hydrogen) atoms. The fourth-order valence-electron chi connectivity index (χ4n) is 2.80. The zero-order valence-corrected chi connectivity index (χ0v) is 12.8. The quantitative estimate of drug-likeness (QED) is 0.844. The molecule has 0 aromatic heterocycles. The SMILES string of the molecule is CNC(C)c1cc(F)ccc1N1CCC(OCCO)CC1. The highest BCUT2D eigenvalue weighted by atomic mass is 19.1. The van der Waals surface area contributed by atoms with Gasteiger partial charge in [0.05, 0.1) is 19.3 Å². The summed E-state index contributed by atoms with van der Waals surface area (Å²) in [5.41, 5.74) is 2.09. The number of hydrogen-bond acceptors (Lipinski definition) is 4. The highest BCUT2D eigenvalue weighted by Crippen LogP contribution is 2.29. The van der Waals surface area contributed by atoms with Crippen LogP contribution in [0.4, 0.5) is 10.1 Å². The van der Waals surface area contributed by atoms with Crippen molar-refractivity contribution < 1.29 is 14.2 Å². The Bertz CT molecular complexity index is 448. The number of anilines is 1. The van der Waals surface area contributed by atoms with Gasteiger partial charge in [-0.15, -0.1) is 0 Å². The molecule has 1 fully saturated rings. The largest absolute Gasteiger partial charge is 0.394 e. The number of nitrogens with zero attached hydrogens (tertiary/aromatic N) is 1. The minimum atomic E-state index is -0.197. The summed E-state index contributed by atoms with van der Waals surface area (Å²) >= 11 is 0. The molecule has 0 amide bonds. The van der Waals surface area contributed by atoms with Gasteiger partial charge in [0.1, 0.15) is 5.82 Å². The number of nitrogens with one attached hydrogen (secondary N) is 1.